The van der Waals surface area contributed by atoms with Gasteiger partial charge < -0.3 is 20.6 Å². The molecule has 3 N–H and O–H groups in total. The maximum atomic E-state index is 12.4. The van der Waals surface area contributed by atoms with Gasteiger partial charge in [0.05, 0.1) is 6.04 Å². The zero-order valence-corrected chi connectivity index (χ0v) is 15.5. The summed E-state index contributed by atoms with van der Waals surface area (Å²) in [4.78, 5) is 16.5. The minimum absolute atomic E-state index is 0. The van der Waals surface area contributed by atoms with Crippen molar-refractivity contribution >= 4 is 36.4 Å². The van der Waals surface area contributed by atoms with E-state index in [0.29, 0.717) is 13.1 Å². The molecule has 1 amide bonds. The fourth-order valence-electron chi connectivity index (χ4n) is 2.42. The number of nitrogens with zero attached hydrogens (tertiary/aromatic N) is 2. The second kappa shape index (κ2) is 8.62. The SMILES string of the molecule is CC(C)(C)C(N)C(=O)N1CCN(c2ccc(O)cc2)CC1.Cl.Cl. The lowest BCUT2D eigenvalue weighted by atomic mass is 9.86. The Labute approximate surface area is 150 Å². The third kappa shape index (κ3) is 5.44. The second-order valence-electron chi connectivity index (χ2n) is 6.67. The summed E-state index contributed by atoms with van der Waals surface area (Å²) in [6.45, 7) is 8.90. The van der Waals surface area contributed by atoms with Crippen molar-refractivity contribution in [3.05, 3.63) is 24.3 Å². The third-order valence-electron chi connectivity index (χ3n) is 4.01. The Morgan fingerprint density at radius 2 is 1.57 bits per heavy atom. The summed E-state index contributed by atoms with van der Waals surface area (Å²) in [6, 6.07) is 6.70. The number of carbonyl (C=O) groups excluding carboxylic acids is 1. The molecule has 2 rings (SSSR count). The van der Waals surface area contributed by atoms with E-state index in [4.69, 9.17) is 5.73 Å². The van der Waals surface area contributed by atoms with Crippen molar-refractivity contribution in [2.45, 2.75) is 26.8 Å². The molecule has 1 unspecified atom stereocenters. The first-order valence-electron chi connectivity index (χ1n) is 7.37. The number of phenolic OH excluding ortho intramolecular Hbond substituents is 1. The summed E-state index contributed by atoms with van der Waals surface area (Å²) in [5, 5.41) is 9.32. The van der Waals surface area contributed by atoms with Crippen LogP contribution in [0.25, 0.3) is 0 Å². The molecular weight excluding hydrogens is 337 g/mol. The van der Waals surface area contributed by atoms with Crippen LogP contribution in [-0.4, -0.2) is 48.1 Å². The molecule has 1 aromatic rings. The van der Waals surface area contributed by atoms with Gasteiger partial charge in [0, 0.05) is 31.9 Å². The highest BCUT2D eigenvalue weighted by molar-refractivity contribution is 5.85. The van der Waals surface area contributed by atoms with Gasteiger partial charge in [0.25, 0.3) is 0 Å². The van der Waals surface area contributed by atoms with E-state index in [1.165, 1.54) is 0 Å². The number of carbonyl (C=O) groups is 1. The van der Waals surface area contributed by atoms with E-state index in [2.05, 4.69) is 4.90 Å². The monoisotopic (exact) mass is 363 g/mol. The normalized spacial score (nSPS) is 16.2. The highest BCUT2D eigenvalue weighted by Crippen LogP contribution is 2.22. The van der Waals surface area contributed by atoms with Gasteiger partial charge in [-0.3, -0.25) is 4.79 Å². The van der Waals surface area contributed by atoms with E-state index in [9.17, 15) is 9.90 Å². The number of piperazine rings is 1. The summed E-state index contributed by atoms with van der Waals surface area (Å²) in [5.41, 5.74) is 6.91. The second-order valence-corrected chi connectivity index (χ2v) is 6.67. The Morgan fingerprint density at radius 1 is 1.09 bits per heavy atom. The molecule has 1 aromatic carbocycles. The summed E-state index contributed by atoms with van der Waals surface area (Å²) in [6.07, 6.45) is 0. The molecule has 0 aromatic heterocycles. The lowest BCUT2D eigenvalue weighted by Gasteiger charge is -2.39. The van der Waals surface area contributed by atoms with Crippen molar-refractivity contribution in [3.63, 3.8) is 0 Å². The fourth-order valence-corrected chi connectivity index (χ4v) is 2.42. The predicted octanol–water partition coefficient (Wildman–Crippen LogP) is 2.26. The number of rotatable bonds is 2. The van der Waals surface area contributed by atoms with Crippen molar-refractivity contribution in [3.8, 4) is 5.75 Å². The highest BCUT2D eigenvalue weighted by Gasteiger charge is 2.32. The van der Waals surface area contributed by atoms with E-state index >= 15 is 0 Å². The lowest BCUT2D eigenvalue weighted by Crippen LogP contribution is -2.56. The molecule has 1 aliphatic rings. The van der Waals surface area contributed by atoms with Crippen molar-refractivity contribution in [1.29, 1.82) is 0 Å². The molecule has 0 saturated carbocycles. The molecule has 1 heterocycles. The number of hydrogen-bond acceptors (Lipinski definition) is 4. The van der Waals surface area contributed by atoms with Crippen LogP contribution in [0.1, 0.15) is 20.8 Å². The summed E-state index contributed by atoms with van der Waals surface area (Å²) in [5.74, 6) is 0.302. The topological polar surface area (TPSA) is 69.8 Å². The van der Waals surface area contributed by atoms with Gasteiger partial charge in [-0.25, -0.2) is 0 Å². The first-order valence-corrected chi connectivity index (χ1v) is 7.37. The number of benzene rings is 1. The van der Waals surface area contributed by atoms with Crippen LogP contribution in [0.15, 0.2) is 24.3 Å². The molecule has 0 bridgehead atoms. The standard InChI is InChI=1S/C16H25N3O2.2ClH/c1-16(2,3)14(17)15(21)19-10-8-18(9-11-19)12-4-6-13(20)7-5-12;;/h4-7,14,20H,8-11,17H2,1-3H3;2*1H. The van der Waals surface area contributed by atoms with Crippen LogP contribution in [-0.2, 0) is 4.79 Å². The minimum Gasteiger partial charge on any atom is -0.508 e. The Hall–Kier alpha value is -1.17. The fraction of sp³-hybridized carbons (Fsp3) is 0.562. The molecule has 0 spiro atoms. The van der Waals surface area contributed by atoms with Gasteiger partial charge in [-0.2, -0.15) is 0 Å². The number of halogens is 2. The summed E-state index contributed by atoms with van der Waals surface area (Å²) in [7, 11) is 0. The van der Waals surface area contributed by atoms with Gasteiger partial charge >= 0.3 is 0 Å². The molecule has 1 atom stereocenters. The summed E-state index contributed by atoms with van der Waals surface area (Å²) < 4.78 is 0. The van der Waals surface area contributed by atoms with Crippen LogP contribution in [0.4, 0.5) is 5.69 Å². The van der Waals surface area contributed by atoms with E-state index < -0.39 is 6.04 Å². The smallest absolute Gasteiger partial charge is 0.240 e. The number of hydrogen-bond donors (Lipinski definition) is 2. The minimum atomic E-state index is -0.460. The molecule has 132 valence electrons. The molecule has 1 aliphatic heterocycles. The van der Waals surface area contributed by atoms with Gasteiger partial charge in [-0.1, -0.05) is 20.8 Å². The molecule has 1 saturated heterocycles. The van der Waals surface area contributed by atoms with Crippen LogP contribution >= 0.6 is 24.8 Å². The van der Waals surface area contributed by atoms with E-state index in [-0.39, 0.29) is 41.9 Å². The first kappa shape index (κ1) is 21.8. The average molecular weight is 364 g/mol. The number of aromatic hydroxyl groups is 1. The van der Waals surface area contributed by atoms with Crippen LogP contribution < -0.4 is 10.6 Å². The molecule has 23 heavy (non-hydrogen) atoms. The molecule has 0 aliphatic carbocycles. The Balaban J connectivity index is 0.00000242. The van der Waals surface area contributed by atoms with Crippen molar-refractivity contribution in [2.24, 2.45) is 11.1 Å². The van der Waals surface area contributed by atoms with Crippen LogP contribution in [0.3, 0.4) is 0 Å². The van der Waals surface area contributed by atoms with Crippen molar-refractivity contribution < 1.29 is 9.90 Å². The molecule has 1 fully saturated rings. The molecule has 0 radical (unpaired) electrons. The molecular formula is C16H27Cl2N3O2. The third-order valence-corrected chi connectivity index (χ3v) is 4.01. The number of anilines is 1. The van der Waals surface area contributed by atoms with Crippen LogP contribution in [0.2, 0.25) is 0 Å². The lowest BCUT2D eigenvalue weighted by molar-refractivity contribution is -0.135. The maximum absolute atomic E-state index is 12.4. The number of nitrogens with two attached hydrogens (primary N) is 1. The maximum Gasteiger partial charge on any atom is 0.240 e. The van der Waals surface area contributed by atoms with E-state index in [1.807, 2.05) is 37.8 Å². The number of phenols is 1. The Morgan fingerprint density at radius 3 is 2.00 bits per heavy atom. The Bertz CT molecular complexity index is 495. The Kier molecular flexibility index (Phi) is 8.18. The van der Waals surface area contributed by atoms with Gasteiger partial charge in [-0.05, 0) is 29.7 Å². The molecule has 5 nitrogen and oxygen atoms in total. The van der Waals surface area contributed by atoms with Crippen molar-refractivity contribution in [2.75, 3.05) is 31.1 Å². The molecule has 7 heteroatoms. The zero-order valence-electron chi connectivity index (χ0n) is 13.9. The summed E-state index contributed by atoms with van der Waals surface area (Å²) >= 11 is 0. The van der Waals surface area contributed by atoms with Gasteiger partial charge in [-0.15, -0.1) is 24.8 Å². The van der Waals surface area contributed by atoms with Crippen molar-refractivity contribution in [1.82, 2.24) is 4.90 Å². The zero-order chi connectivity index (χ0) is 15.6. The highest BCUT2D eigenvalue weighted by atomic mass is 35.5. The average Bonchev–Trinajstić information content (AvgIpc) is 2.46. The first-order chi connectivity index (χ1) is 9.79. The van der Waals surface area contributed by atoms with Crippen LogP contribution in [0, 0.1) is 5.41 Å². The van der Waals surface area contributed by atoms with Crippen LogP contribution in [0.5, 0.6) is 5.75 Å². The predicted molar refractivity (Wildman–Crippen MR) is 98.8 cm³/mol. The van der Waals surface area contributed by atoms with Gasteiger partial charge in [0.1, 0.15) is 5.75 Å². The van der Waals surface area contributed by atoms with E-state index in [0.717, 1.165) is 18.8 Å². The quantitative estimate of drug-likeness (QED) is 0.845. The van der Waals surface area contributed by atoms with Gasteiger partial charge in [0.15, 0.2) is 0 Å². The van der Waals surface area contributed by atoms with E-state index in [1.54, 1.807) is 12.1 Å². The van der Waals surface area contributed by atoms with Gasteiger partial charge in [0.2, 0.25) is 5.91 Å². The number of amides is 1. The largest absolute Gasteiger partial charge is 0.508 e.